The summed E-state index contributed by atoms with van der Waals surface area (Å²) in [7, 11) is 0. The van der Waals surface area contributed by atoms with E-state index in [-0.39, 0.29) is 12.2 Å². The summed E-state index contributed by atoms with van der Waals surface area (Å²) in [4.78, 5) is 0. The van der Waals surface area contributed by atoms with Gasteiger partial charge in [-0.2, -0.15) is 5.26 Å². The lowest BCUT2D eigenvalue weighted by Crippen LogP contribution is -1.91. The standard InChI is InChI=1S/C3H5NO2S/c4-2-1-3-7(5)6/h1,3H2,(H,5,6)/p-1. The molecule has 0 aliphatic heterocycles. The van der Waals surface area contributed by atoms with E-state index in [1.165, 1.54) is 0 Å². The molecule has 1 atom stereocenters. The van der Waals surface area contributed by atoms with Gasteiger partial charge >= 0.3 is 0 Å². The van der Waals surface area contributed by atoms with Crippen LogP contribution in [-0.4, -0.2) is 14.5 Å². The Bertz CT molecular complexity index is 106. The Balaban J connectivity index is 3.02. The lowest BCUT2D eigenvalue weighted by atomic mass is 10.6. The average Bonchev–Trinajstić information content (AvgIpc) is 1.61. The minimum atomic E-state index is -2.04. The molecule has 0 aromatic rings. The van der Waals surface area contributed by atoms with Gasteiger partial charge in [0, 0.05) is 12.2 Å². The average molecular weight is 118 g/mol. The molecule has 0 saturated carbocycles. The molecule has 0 aromatic heterocycles. The second kappa shape index (κ2) is 3.78. The molecule has 0 bridgehead atoms. The van der Waals surface area contributed by atoms with Gasteiger partial charge in [0.25, 0.3) is 0 Å². The van der Waals surface area contributed by atoms with Crippen molar-refractivity contribution in [2.24, 2.45) is 0 Å². The third-order valence-corrected chi connectivity index (χ3v) is 0.918. The predicted octanol–water partition coefficient (Wildman–Crippen LogP) is -0.221. The number of nitriles is 1. The molecule has 7 heavy (non-hydrogen) atoms. The van der Waals surface area contributed by atoms with E-state index in [2.05, 4.69) is 0 Å². The van der Waals surface area contributed by atoms with Crippen molar-refractivity contribution in [1.29, 1.82) is 5.26 Å². The first kappa shape index (κ1) is 6.60. The molecule has 0 N–H and O–H groups in total. The first-order chi connectivity index (χ1) is 3.27. The Kier molecular flexibility index (Phi) is 3.56. The van der Waals surface area contributed by atoms with E-state index >= 15 is 0 Å². The van der Waals surface area contributed by atoms with Gasteiger partial charge in [-0.15, -0.1) is 0 Å². The fraction of sp³-hybridized carbons (Fsp3) is 0.667. The zero-order valence-corrected chi connectivity index (χ0v) is 4.40. The van der Waals surface area contributed by atoms with Gasteiger partial charge in [0.1, 0.15) is 0 Å². The Labute approximate surface area is 44.2 Å². The molecule has 0 aliphatic rings. The summed E-state index contributed by atoms with van der Waals surface area (Å²) in [5.41, 5.74) is 0. The highest BCUT2D eigenvalue weighted by molar-refractivity contribution is 7.79. The van der Waals surface area contributed by atoms with Crippen molar-refractivity contribution < 1.29 is 8.76 Å². The molecular weight excluding hydrogens is 114 g/mol. The van der Waals surface area contributed by atoms with Crippen LogP contribution in [0.5, 0.6) is 0 Å². The first-order valence-electron chi connectivity index (χ1n) is 1.70. The molecule has 3 nitrogen and oxygen atoms in total. The fourth-order valence-electron chi connectivity index (χ4n) is 0.129. The van der Waals surface area contributed by atoms with Crippen molar-refractivity contribution in [3.63, 3.8) is 0 Å². The maximum Gasteiger partial charge on any atom is 0.0630 e. The van der Waals surface area contributed by atoms with Gasteiger partial charge in [-0.3, -0.25) is 4.21 Å². The van der Waals surface area contributed by atoms with Gasteiger partial charge in [-0.05, 0) is 0 Å². The van der Waals surface area contributed by atoms with E-state index in [1.807, 2.05) is 0 Å². The van der Waals surface area contributed by atoms with Crippen molar-refractivity contribution in [1.82, 2.24) is 0 Å². The third-order valence-electron chi connectivity index (χ3n) is 0.381. The number of nitrogens with zero attached hydrogens (tertiary/aromatic N) is 1. The van der Waals surface area contributed by atoms with E-state index in [0.717, 1.165) is 0 Å². The molecule has 0 spiro atoms. The van der Waals surface area contributed by atoms with Crippen LogP contribution in [0, 0.1) is 11.3 Å². The zero-order valence-electron chi connectivity index (χ0n) is 3.59. The third kappa shape index (κ3) is 5.60. The normalized spacial score (nSPS) is 12.6. The molecule has 40 valence electrons. The largest absolute Gasteiger partial charge is 0.772 e. The number of hydrogen-bond donors (Lipinski definition) is 0. The van der Waals surface area contributed by atoms with E-state index in [9.17, 15) is 8.76 Å². The smallest absolute Gasteiger partial charge is 0.0630 e. The second-order valence-electron chi connectivity index (χ2n) is 0.916. The summed E-state index contributed by atoms with van der Waals surface area (Å²) >= 11 is -2.04. The summed E-state index contributed by atoms with van der Waals surface area (Å²) in [6.07, 6.45) is 0.0934. The minimum absolute atomic E-state index is 0.0451. The first-order valence-corrected chi connectivity index (χ1v) is 2.94. The molecule has 0 rings (SSSR count). The lowest BCUT2D eigenvalue weighted by molar-refractivity contribution is 0.537. The van der Waals surface area contributed by atoms with E-state index in [0.29, 0.717) is 0 Å². The number of rotatable bonds is 2. The Morgan fingerprint density at radius 1 is 1.86 bits per heavy atom. The van der Waals surface area contributed by atoms with Crippen LogP contribution in [0.1, 0.15) is 6.42 Å². The van der Waals surface area contributed by atoms with Crippen LogP contribution >= 0.6 is 0 Å². The summed E-state index contributed by atoms with van der Waals surface area (Å²) in [6, 6.07) is 1.71. The summed E-state index contributed by atoms with van der Waals surface area (Å²) in [6.45, 7) is 0. The molecule has 0 fully saturated rings. The van der Waals surface area contributed by atoms with Gasteiger partial charge in [-0.1, -0.05) is 11.1 Å². The number of hydrogen-bond acceptors (Lipinski definition) is 3. The van der Waals surface area contributed by atoms with Gasteiger partial charge in [0.05, 0.1) is 6.07 Å². The van der Waals surface area contributed by atoms with Gasteiger partial charge in [0.2, 0.25) is 0 Å². The molecular formula is C3H4NO2S-. The topological polar surface area (TPSA) is 63.9 Å². The summed E-state index contributed by atoms with van der Waals surface area (Å²) in [5, 5.41) is 7.79. The molecule has 0 saturated heterocycles. The Hall–Kier alpha value is -0.400. The SMILES string of the molecule is N#CCCS(=O)[O-]. The summed E-state index contributed by atoms with van der Waals surface area (Å²) < 4.78 is 19.2. The van der Waals surface area contributed by atoms with E-state index < -0.39 is 11.1 Å². The lowest BCUT2D eigenvalue weighted by Gasteiger charge is -1.96. The monoisotopic (exact) mass is 118 g/mol. The maximum atomic E-state index is 9.61. The van der Waals surface area contributed by atoms with Gasteiger partial charge in [-0.25, -0.2) is 0 Å². The zero-order chi connectivity index (χ0) is 5.70. The highest BCUT2D eigenvalue weighted by Crippen LogP contribution is 1.77. The van der Waals surface area contributed by atoms with Crippen LogP contribution in [0.3, 0.4) is 0 Å². The Morgan fingerprint density at radius 3 is 2.57 bits per heavy atom. The highest BCUT2D eigenvalue weighted by atomic mass is 32.2. The molecule has 0 radical (unpaired) electrons. The maximum absolute atomic E-state index is 9.61. The van der Waals surface area contributed by atoms with Crippen LogP contribution in [0.2, 0.25) is 0 Å². The van der Waals surface area contributed by atoms with Gasteiger partial charge < -0.3 is 4.55 Å². The molecule has 1 unspecified atom stereocenters. The van der Waals surface area contributed by atoms with Crippen molar-refractivity contribution in [3.8, 4) is 6.07 Å². The predicted molar refractivity (Wildman–Crippen MR) is 24.0 cm³/mol. The van der Waals surface area contributed by atoms with Gasteiger partial charge in [0.15, 0.2) is 0 Å². The van der Waals surface area contributed by atoms with Crippen LogP contribution in [0.15, 0.2) is 0 Å². The second-order valence-corrected chi connectivity index (χ2v) is 1.93. The van der Waals surface area contributed by atoms with E-state index in [4.69, 9.17) is 5.26 Å². The molecule has 0 aromatic carbocycles. The summed E-state index contributed by atoms with van der Waals surface area (Å²) in [5.74, 6) is -0.0451. The Morgan fingerprint density at radius 2 is 2.43 bits per heavy atom. The van der Waals surface area contributed by atoms with Crippen LogP contribution in [-0.2, 0) is 11.1 Å². The van der Waals surface area contributed by atoms with Crippen molar-refractivity contribution >= 4 is 11.1 Å². The molecule has 0 heterocycles. The molecule has 0 aliphatic carbocycles. The van der Waals surface area contributed by atoms with Crippen molar-refractivity contribution in [3.05, 3.63) is 0 Å². The fourth-order valence-corrected chi connectivity index (χ4v) is 0.387. The molecule has 0 amide bonds. The highest BCUT2D eigenvalue weighted by Gasteiger charge is 1.78. The van der Waals surface area contributed by atoms with Crippen LogP contribution in [0.4, 0.5) is 0 Å². The van der Waals surface area contributed by atoms with E-state index in [1.54, 1.807) is 6.07 Å². The van der Waals surface area contributed by atoms with Crippen molar-refractivity contribution in [2.75, 3.05) is 5.75 Å². The minimum Gasteiger partial charge on any atom is -0.772 e. The van der Waals surface area contributed by atoms with Crippen LogP contribution < -0.4 is 0 Å². The van der Waals surface area contributed by atoms with Crippen LogP contribution in [0.25, 0.3) is 0 Å². The molecule has 4 heteroatoms. The quantitative estimate of drug-likeness (QED) is 0.471. The van der Waals surface area contributed by atoms with Crippen molar-refractivity contribution in [2.45, 2.75) is 6.42 Å².